The molecule has 0 amide bonds. The summed E-state index contributed by atoms with van der Waals surface area (Å²) in [4.78, 5) is 35.4. The molecule has 0 radical (unpaired) electrons. The molecular formula is C31H27FN4O5. The molecule has 3 heterocycles. The molecule has 41 heavy (non-hydrogen) atoms. The minimum atomic E-state index is -0.620. The van der Waals surface area contributed by atoms with Gasteiger partial charge in [0.25, 0.3) is 5.56 Å². The summed E-state index contributed by atoms with van der Waals surface area (Å²) in [5.74, 6) is 0.349. The predicted molar refractivity (Wildman–Crippen MR) is 150 cm³/mol. The van der Waals surface area contributed by atoms with Crippen LogP contribution < -0.4 is 19.8 Å². The molecule has 0 fully saturated rings. The molecule has 0 saturated carbocycles. The van der Waals surface area contributed by atoms with Crippen molar-refractivity contribution in [2.24, 2.45) is 0 Å². The van der Waals surface area contributed by atoms with Crippen molar-refractivity contribution >= 4 is 16.7 Å². The number of ether oxygens (including phenoxy) is 3. The van der Waals surface area contributed by atoms with Gasteiger partial charge in [0.05, 0.1) is 36.5 Å². The van der Waals surface area contributed by atoms with Gasteiger partial charge in [-0.15, -0.1) is 0 Å². The fourth-order valence-corrected chi connectivity index (χ4v) is 5.29. The van der Waals surface area contributed by atoms with Crippen molar-refractivity contribution in [1.82, 2.24) is 19.3 Å². The van der Waals surface area contributed by atoms with E-state index in [2.05, 4.69) is 9.97 Å². The lowest BCUT2D eigenvalue weighted by Crippen LogP contribution is -2.24. The van der Waals surface area contributed by atoms with E-state index in [4.69, 9.17) is 14.2 Å². The molecule has 0 saturated heterocycles. The van der Waals surface area contributed by atoms with E-state index >= 15 is 4.39 Å². The number of fused-ring (bicyclic) bond motifs is 2. The molecule has 3 aromatic carbocycles. The summed E-state index contributed by atoms with van der Waals surface area (Å²) in [5, 5.41) is 0.554. The summed E-state index contributed by atoms with van der Waals surface area (Å²) in [7, 11) is 3.05. The average molecular weight is 555 g/mol. The van der Waals surface area contributed by atoms with Gasteiger partial charge in [0.15, 0.2) is 17.3 Å². The molecule has 0 bridgehead atoms. The highest BCUT2D eigenvalue weighted by molar-refractivity contribution is 5.98. The number of hydrogen-bond acceptors (Lipinski definition) is 7. The number of halogens is 1. The Hall–Kier alpha value is -4.99. The second-order valence-corrected chi connectivity index (χ2v) is 9.71. The number of benzene rings is 3. The molecule has 0 N–H and O–H groups in total. The number of Topliss-reactive ketones (excluding diaryl/α,β-unsaturated/α-hetero) is 1. The molecule has 6 rings (SSSR count). The Morgan fingerprint density at radius 2 is 1.76 bits per heavy atom. The number of carbonyl (C=O) groups excluding carboxylic acids is 1. The summed E-state index contributed by atoms with van der Waals surface area (Å²) in [5.41, 5.74) is 1.89. The van der Waals surface area contributed by atoms with Crippen LogP contribution in [0.5, 0.6) is 23.1 Å². The fourth-order valence-electron chi connectivity index (χ4n) is 5.29. The Morgan fingerprint density at radius 3 is 2.51 bits per heavy atom. The number of carbonyl (C=O) groups is 1. The van der Waals surface area contributed by atoms with Crippen molar-refractivity contribution in [3.63, 3.8) is 0 Å². The quantitative estimate of drug-likeness (QED) is 0.240. The number of hydrogen-bond donors (Lipinski definition) is 0. The van der Waals surface area contributed by atoms with Gasteiger partial charge >= 0.3 is 0 Å². The molecule has 2 aromatic heterocycles. The van der Waals surface area contributed by atoms with Gasteiger partial charge in [-0.25, -0.2) is 19.0 Å². The average Bonchev–Trinajstić information content (AvgIpc) is 3.30. The Morgan fingerprint density at radius 1 is 0.976 bits per heavy atom. The zero-order chi connectivity index (χ0) is 28.5. The van der Waals surface area contributed by atoms with Gasteiger partial charge in [0.2, 0.25) is 5.88 Å². The van der Waals surface area contributed by atoms with E-state index in [9.17, 15) is 9.59 Å². The third-order valence-corrected chi connectivity index (χ3v) is 7.26. The molecule has 1 aliphatic rings. The summed E-state index contributed by atoms with van der Waals surface area (Å²) >= 11 is 0. The molecule has 208 valence electrons. The largest absolute Gasteiger partial charge is 0.493 e. The first-order valence-corrected chi connectivity index (χ1v) is 13.2. The normalized spacial score (nSPS) is 12.7. The van der Waals surface area contributed by atoms with Crippen LogP contribution in [-0.4, -0.2) is 39.3 Å². The highest BCUT2D eigenvalue weighted by Gasteiger charge is 2.28. The lowest BCUT2D eigenvalue weighted by Gasteiger charge is -2.19. The lowest BCUT2D eigenvalue weighted by molar-refractivity contribution is 0.0989. The molecule has 5 aromatic rings. The van der Waals surface area contributed by atoms with Crippen LogP contribution in [0.15, 0.2) is 71.8 Å². The van der Waals surface area contributed by atoms with Gasteiger partial charge in [-0.2, -0.15) is 0 Å². The van der Waals surface area contributed by atoms with Crippen LogP contribution in [0, 0.1) is 5.82 Å². The van der Waals surface area contributed by atoms with Crippen LogP contribution in [-0.2, 0) is 19.4 Å². The molecule has 9 nitrogen and oxygen atoms in total. The first kappa shape index (κ1) is 26.2. The maximum absolute atomic E-state index is 15.3. The van der Waals surface area contributed by atoms with Crippen LogP contribution in [0.4, 0.5) is 4.39 Å². The van der Waals surface area contributed by atoms with E-state index in [0.29, 0.717) is 46.7 Å². The van der Waals surface area contributed by atoms with E-state index in [1.807, 2.05) is 35.0 Å². The van der Waals surface area contributed by atoms with E-state index in [0.717, 1.165) is 12.8 Å². The summed E-state index contributed by atoms with van der Waals surface area (Å²) in [6.07, 6.45) is 3.51. The minimum absolute atomic E-state index is 0.130. The SMILES string of the molecule is COc1cc2ncnc(Oc3ccc(CC(=O)c4c5n(n(-c6ccccc6)c4=O)CCCC5)c(F)c3)c2cc1OC. The number of nitrogens with zero attached hydrogens (tertiary/aromatic N) is 4. The number of methoxy groups -OCH3 is 2. The van der Waals surface area contributed by atoms with Gasteiger partial charge in [-0.1, -0.05) is 24.3 Å². The highest BCUT2D eigenvalue weighted by Crippen LogP contribution is 2.36. The van der Waals surface area contributed by atoms with E-state index in [-0.39, 0.29) is 34.7 Å². The molecule has 10 heteroatoms. The highest BCUT2D eigenvalue weighted by atomic mass is 19.1. The van der Waals surface area contributed by atoms with Gasteiger partial charge in [-0.3, -0.25) is 14.3 Å². The van der Waals surface area contributed by atoms with Gasteiger partial charge in [0, 0.05) is 25.1 Å². The predicted octanol–water partition coefficient (Wildman–Crippen LogP) is 5.29. The van der Waals surface area contributed by atoms with Crippen molar-refractivity contribution in [2.75, 3.05) is 14.2 Å². The molecule has 0 spiro atoms. The first-order valence-electron chi connectivity index (χ1n) is 13.2. The second kappa shape index (κ2) is 10.9. The smallest absolute Gasteiger partial charge is 0.282 e. The summed E-state index contributed by atoms with van der Waals surface area (Å²) in [6, 6.07) is 16.9. The number of para-hydroxylation sites is 1. The second-order valence-electron chi connectivity index (χ2n) is 9.71. The zero-order valence-corrected chi connectivity index (χ0v) is 22.6. The Kier molecular flexibility index (Phi) is 6.96. The third kappa shape index (κ3) is 4.82. The zero-order valence-electron chi connectivity index (χ0n) is 22.6. The molecule has 0 atom stereocenters. The van der Waals surface area contributed by atoms with Gasteiger partial charge in [-0.05, 0) is 49.1 Å². The molecule has 0 aliphatic carbocycles. The van der Waals surface area contributed by atoms with E-state index < -0.39 is 11.6 Å². The van der Waals surface area contributed by atoms with Crippen molar-refractivity contribution < 1.29 is 23.4 Å². The van der Waals surface area contributed by atoms with E-state index in [1.54, 1.807) is 22.9 Å². The van der Waals surface area contributed by atoms with E-state index in [1.165, 1.54) is 32.7 Å². The molecular weight excluding hydrogens is 527 g/mol. The van der Waals surface area contributed by atoms with Gasteiger partial charge < -0.3 is 14.2 Å². The van der Waals surface area contributed by atoms with Crippen LogP contribution in [0.3, 0.4) is 0 Å². The first-order chi connectivity index (χ1) is 20.0. The number of rotatable bonds is 8. The van der Waals surface area contributed by atoms with Gasteiger partial charge in [0.1, 0.15) is 23.5 Å². The van der Waals surface area contributed by atoms with Crippen LogP contribution in [0.1, 0.15) is 34.5 Å². The standard InChI is InChI=1S/C31H27FN4O5/c1-39-27-16-22-24(17-28(27)40-2)33-18-34-30(22)41-21-12-11-19(23(32)15-21)14-26(37)29-25-10-6-7-13-35(25)36(31(29)38)20-8-4-3-5-9-20/h3-5,8-9,11-12,15-18H,6-7,10,13-14H2,1-2H3. The lowest BCUT2D eigenvalue weighted by atomic mass is 9.99. The molecule has 0 unspecified atom stereocenters. The summed E-state index contributed by atoms with van der Waals surface area (Å²) in [6.45, 7) is 0.642. The van der Waals surface area contributed by atoms with Crippen molar-refractivity contribution in [2.45, 2.75) is 32.2 Å². The fraction of sp³-hybridized carbons (Fsp3) is 0.226. The topological polar surface area (TPSA) is 97.5 Å². The van der Waals surface area contributed by atoms with Crippen molar-refractivity contribution in [1.29, 1.82) is 0 Å². The van der Waals surface area contributed by atoms with Crippen LogP contribution >= 0.6 is 0 Å². The Bertz CT molecular complexity index is 1830. The number of ketones is 1. The maximum Gasteiger partial charge on any atom is 0.282 e. The van der Waals surface area contributed by atoms with Crippen LogP contribution in [0.2, 0.25) is 0 Å². The summed E-state index contributed by atoms with van der Waals surface area (Å²) < 4.78 is 35.3. The third-order valence-electron chi connectivity index (χ3n) is 7.26. The van der Waals surface area contributed by atoms with Crippen molar-refractivity contribution in [3.8, 4) is 28.8 Å². The monoisotopic (exact) mass is 554 g/mol. The minimum Gasteiger partial charge on any atom is -0.493 e. The molecule has 1 aliphatic heterocycles. The maximum atomic E-state index is 15.3. The Labute approximate surface area is 234 Å². The number of aromatic nitrogens is 4. The van der Waals surface area contributed by atoms with Crippen molar-refractivity contribution in [3.05, 3.63) is 100.0 Å². The Balaban J connectivity index is 1.28. The van der Waals surface area contributed by atoms with Crippen LogP contribution in [0.25, 0.3) is 16.6 Å².